The van der Waals surface area contributed by atoms with Crippen LogP contribution in [0.4, 0.5) is 5.95 Å². The van der Waals surface area contributed by atoms with Gasteiger partial charge in [-0.2, -0.15) is 15.0 Å². The number of ether oxygens (including phenoxy) is 1. The van der Waals surface area contributed by atoms with E-state index in [1.807, 2.05) is 11.8 Å². The lowest BCUT2D eigenvalue weighted by molar-refractivity contribution is 0.112. The Morgan fingerprint density at radius 3 is 2.44 bits per heavy atom. The maximum absolute atomic E-state index is 6.16. The summed E-state index contributed by atoms with van der Waals surface area (Å²) in [6, 6.07) is -0.0245. The molecule has 0 aliphatic carbocycles. The Morgan fingerprint density at radius 2 is 1.78 bits per heavy atom. The average Bonchev–Trinajstić information content (AvgIpc) is 2.58. The smallest absolute Gasteiger partial charge is 0.230 e. The zero-order chi connectivity index (χ0) is 19.7. The van der Waals surface area contributed by atoms with Gasteiger partial charge in [-0.15, -0.1) is 0 Å². The number of aromatic nitrogens is 6. The van der Waals surface area contributed by atoms with Gasteiger partial charge in [0.25, 0.3) is 0 Å². The van der Waals surface area contributed by atoms with Crippen LogP contribution in [0.1, 0.15) is 50.4 Å². The Balaban J connectivity index is 2.08. The quantitative estimate of drug-likeness (QED) is 0.809. The van der Waals surface area contributed by atoms with E-state index in [0.29, 0.717) is 30.0 Å². The first-order valence-electron chi connectivity index (χ1n) is 8.63. The van der Waals surface area contributed by atoms with Crippen molar-refractivity contribution in [1.29, 1.82) is 0 Å². The Hall–Kier alpha value is -1.68. The molecule has 146 valence electrons. The summed E-state index contributed by atoms with van der Waals surface area (Å²) in [6.07, 6.45) is -0.311. The van der Waals surface area contributed by atoms with Crippen molar-refractivity contribution in [3.05, 3.63) is 28.0 Å². The normalized spacial score (nSPS) is 24.1. The molecule has 2 unspecified atom stereocenters. The molecule has 4 atom stereocenters. The topological polar surface area (TPSA) is 102 Å². The molecule has 0 amide bonds. The van der Waals surface area contributed by atoms with Crippen LogP contribution in [-0.2, 0) is 4.74 Å². The fourth-order valence-corrected chi connectivity index (χ4v) is 3.58. The van der Waals surface area contributed by atoms with E-state index in [9.17, 15) is 0 Å². The predicted octanol–water partition coefficient (Wildman–Crippen LogP) is 2.31. The molecule has 1 N–H and O–H groups in total. The first-order valence-corrected chi connectivity index (χ1v) is 9.39. The highest BCUT2D eigenvalue weighted by Gasteiger charge is 2.37. The molecule has 2 aromatic rings. The SMILES string of the molecule is COC(C)c1nc(Cl)nc(N2C[C@H](C)N[C@H](C)C2c2nc(C)nc(Cl)n2)n1. The van der Waals surface area contributed by atoms with Crippen molar-refractivity contribution in [3.8, 4) is 0 Å². The van der Waals surface area contributed by atoms with Gasteiger partial charge >= 0.3 is 0 Å². The maximum Gasteiger partial charge on any atom is 0.230 e. The maximum atomic E-state index is 6.16. The highest BCUT2D eigenvalue weighted by molar-refractivity contribution is 6.28. The van der Waals surface area contributed by atoms with Crippen LogP contribution in [0.15, 0.2) is 0 Å². The number of halogens is 2. The average molecular weight is 413 g/mol. The summed E-state index contributed by atoms with van der Waals surface area (Å²) in [5.41, 5.74) is 0. The molecular formula is C16H22Cl2N8O. The van der Waals surface area contributed by atoms with Crippen LogP contribution in [-0.4, -0.2) is 55.6 Å². The van der Waals surface area contributed by atoms with Crippen molar-refractivity contribution in [3.63, 3.8) is 0 Å². The van der Waals surface area contributed by atoms with E-state index in [-0.39, 0.29) is 34.8 Å². The number of hydrogen-bond donors (Lipinski definition) is 1. The summed E-state index contributed by atoms with van der Waals surface area (Å²) in [5.74, 6) is 2.03. The van der Waals surface area contributed by atoms with Gasteiger partial charge in [-0.1, -0.05) is 0 Å². The lowest BCUT2D eigenvalue weighted by atomic mass is 10.0. The second-order valence-electron chi connectivity index (χ2n) is 6.60. The summed E-state index contributed by atoms with van der Waals surface area (Å²) in [4.78, 5) is 28.0. The third-order valence-electron chi connectivity index (χ3n) is 4.42. The number of rotatable bonds is 4. The van der Waals surface area contributed by atoms with Gasteiger partial charge in [-0.3, -0.25) is 0 Å². The molecule has 3 rings (SSSR count). The Bertz CT molecular complexity index is 803. The molecule has 0 bridgehead atoms. The summed E-state index contributed by atoms with van der Waals surface area (Å²) >= 11 is 12.2. The predicted molar refractivity (Wildman–Crippen MR) is 102 cm³/mol. The van der Waals surface area contributed by atoms with Crippen molar-refractivity contribution in [2.75, 3.05) is 18.6 Å². The first-order chi connectivity index (χ1) is 12.8. The molecule has 0 radical (unpaired) electrons. The standard InChI is InChI=1S/C16H22Cl2N8O/c1-7-6-26(16-24-12(9(3)27-5)22-15(18)25-16)11(8(2)19-7)13-20-10(4)21-14(17)23-13/h7-9,11,19H,6H2,1-5H3/t7-,8+,9?,11?/m0/s1. The molecule has 2 aromatic heterocycles. The zero-order valence-electron chi connectivity index (χ0n) is 15.8. The van der Waals surface area contributed by atoms with Crippen LogP contribution >= 0.6 is 23.2 Å². The molecule has 0 saturated carbocycles. The second-order valence-corrected chi connectivity index (χ2v) is 7.28. The van der Waals surface area contributed by atoms with Gasteiger partial charge < -0.3 is 15.0 Å². The van der Waals surface area contributed by atoms with Crippen molar-refractivity contribution < 1.29 is 4.74 Å². The van der Waals surface area contributed by atoms with Gasteiger partial charge in [0.2, 0.25) is 16.5 Å². The van der Waals surface area contributed by atoms with E-state index in [1.165, 1.54) is 0 Å². The van der Waals surface area contributed by atoms with Gasteiger partial charge in [-0.05, 0) is 50.9 Å². The van der Waals surface area contributed by atoms with E-state index in [1.54, 1.807) is 14.0 Å². The number of aryl methyl sites for hydroxylation is 1. The van der Waals surface area contributed by atoms with E-state index in [2.05, 4.69) is 49.1 Å². The second kappa shape index (κ2) is 8.14. The molecule has 0 spiro atoms. The number of nitrogens with one attached hydrogen (secondary N) is 1. The third-order valence-corrected chi connectivity index (χ3v) is 4.75. The summed E-state index contributed by atoms with van der Waals surface area (Å²) in [6.45, 7) is 8.42. The van der Waals surface area contributed by atoms with Crippen LogP contribution in [0.2, 0.25) is 10.6 Å². The van der Waals surface area contributed by atoms with Crippen LogP contribution in [0.3, 0.4) is 0 Å². The number of hydrogen-bond acceptors (Lipinski definition) is 9. The van der Waals surface area contributed by atoms with Crippen molar-refractivity contribution >= 4 is 29.2 Å². The molecule has 1 fully saturated rings. The molecule has 1 aliphatic rings. The molecule has 27 heavy (non-hydrogen) atoms. The minimum absolute atomic E-state index is 0.0189. The van der Waals surface area contributed by atoms with E-state index in [0.717, 1.165) is 0 Å². The van der Waals surface area contributed by atoms with Gasteiger partial charge in [-0.25, -0.2) is 15.0 Å². The minimum atomic E-state index is -0.311. The fourth-order valence-electron chi connectivity index (χ4n) is 3.21. The monoisotopic (exact) mass is 412 g/mol. The molecule has 9 nitrogen and oxygen atoms in total. The van der Waals surface area contributed by atoms with Crippen LogP contribution < -0.4 is 10.2 Å². The summed E-state index contributed by atoms with van der Waals surface area (Å²) in [7, 11) is 1.59. The first kappa shape index (κ1) is 20.1. The number of piperazine rings is 1. The Labute approximate surface area is 167 Å². The third kappa shape index (κ3) is 4.43. The molecule has 11 heteroatoms. The fraction of sp³-hybridized carbons (Fsp3) is 0.625. The Kier molecular flexibility index (Phi) is 6.05. The highest BCUT2D eigenvalue weighted by Crippen LogP contribution is 2.31. The van der Waals surface area contributed by atoms with Crippen LogP contribution in [0, 0.1) is 6.92 Å². The van der Waals surface area contributed by atoms with Gasteiger partial charge in [0.15, 0.2) is 11.6 Å². The molecular weight excluding hydrogens is 391 g/mol. The lowest BCUT2D eigenvalue weighted by Crippen LogP contribution is -2.57. The molecule has 1 saturated heterocycles. The van der Waals surface area contributed by atoms with Gasteiger partial charge in [0.05, 0.1) is 0 Å². The molecule has 1 aliphatic heterocycles. The van der Waals surface area contributed by atoms with Crippen molar-refractivity contribution in [2.24, 2.45) is 0 Å². The van der Waals surface area contributed by atoms with E-state index < -0.39 is 0 Å². The van der Waals surface area contributed by atoms with Gasteiger partial charge in [0.1, 0.15) is 18.0 Å². The number of methoxy groups -OCH3 is 1. The lowest BCUT2D eigenvalue weighted by Gasteiger charge is -2.42. The van der Waals surface area contributed by atoms with E-state index in [4.69, 9.17) is 27.9 Å². The van der Waals surface area contributed by atoms with Crippen molar-refractivity contribution in [1.82, 2.24) is 35.2 Å². The number of anilines is 1. The van der Waals surface area contributed by atoms with Crippen molar-refractivity contribution in [2.45, 2.75) is 51.9 Å². The molecule has 0 aromatic carbocycles. The van der Waals surface area contributed by atoms with Crippen LogP contribution in [0.25, 0.3) is 0 Å². The largest absolute Gasteiger partial charge is 0.374 e. The van der Waals surface area contributed by atoms with E-state index >= 15 is 0 Å². The van der Waals surface area contributed by atoms with Crippen LogP contribution in [0.5, 0.6) is 0 Å². The Morgan fingerprint density at radius 1 is 1.07 bits per heavy atom. The van der Waals surface area contributed by atoms with Gasteiger partial charge in [0, 0.05) is 25.7 Å². The zero-order valence-corrected chi connectivity index (χ0v) is 17.3. The minimum Gasteiger partial charge on any atom is -0.374 e. The summed E-state index contributed by atoms with van der Waals surface area (Å²) in [5, 5.41) is 3.79. The number of nitrogens with zero attached hydrogens (tertiary/aromatic N) is 7. The summed E-state index contributed by atoms with van der Waals surface area (Å²) < 4.78 is 5.33. The highest BCUT2D eigenvalue weighted by atomic mass is 35.5. The molecule has 3 heterocycles.